The van der Waals surface area contributed by atoms with Crippen LogP contribution < -0.4 is 9.62 Å². The van der Waals surface area contributed by atoms with Gasteiger partial charge in [-0.05, 0) is 53.4 Å². The van der Waals surface area contributed by atoms with Crippen molar-refractivity contribution >= 4 is 62.3 Å². The van der Waals surface area contributed by atoms with Gasteiger partial charge in [-0.1, -0.05) is 115 Å². The quantitative estimate of drug-likeness (QED) is 0.161. The summed E-state index contributed by atoms with van der Waals surface area (Å²) in [6, 6.07) is 27.5. The minimum atomic E-state index is -4.28. The molecule has 0 aliphatic carbocycles. The van der Waals surface area contributed by atoms with Crippen LogP contribution in [0.15, 0.2) is 108 Å². The molecular weight excluding hydrogens is 653 g/mol. The number of nitrogens with one attached hydrogen (secondary N) is 1. The molecule has 0 heterocycles. The molecule has 1 unspecified atom stereocenters. The SMILES string of the molecule is CC(C)CNC(=O)C(Cc1ccccc1)N(Cc1ccccc1Cl)C(=O)CN(c1cc(Cl)cc(Cl)c1)S(=O)(=O)c1ccccc1. The Morgan fingerprint density at radius 1 is 0.800 bits per heavy atom. The zero-order valence-electron chi connectivity index (χ0n) is 24.9. The van der Waals surface area contributed by atoms with E-state index in [0.717, 1.165) is 9.87 Å². The highest BCUT2D eigenvalue weighted by molar-refractivity contribution is 7.92. The maximum absolute atomic E-state index is 14.5. The molecule has 4 aromatic rings. The second-order valence-corrected chi connectivity index (χ2v) is 14.1. The molecule has 0 radical (unpaired) electrons. The zero-order valence-corrected chi connectivity index (χ0v) is 28.0. The maximum atomic E-state index is 14.5. The van der Waals surface area contributed by atoms with E-state index in [-0.39, 0.29) is 45.4 Å². The van der Waals surface area contributed by atoms with Crippen LogP contribution in [0.3, 0.4) is 0 Å². The van der Waals surface area contributed by atoms with Crippen LogP contribution in [0.4, 0.5) is 5.69 Å². The van der Waals surface area contributed by atoms with Gasteiger partial charge in [0.25, 0.3) is 10.0 Å². The van der Waals surface area contributed by atoms with Gasteiger partial charge in [0.15, 0.2) is 0 Å². The summed E-state index contributed by atoms with van der Waals surface area (Å²) in [5, 5.41) is 3.76. The molecular formula is C34H34Cl3N3O4S. The summed E-state index contributed by atoms with van der Waals surface area (Å²) in [5.74, 6) is -0.819. The van der Waals surface area contributed by atoms with E-state index in [1.165, 1.54) is 35.2 Å². The molecule has 1 atom stereocenters. The third kappa shape index (κ3) is 9.23. The molecule has 0 spiro atoms. The summed E-state index contributed by atoms with van der Waals surface area (Å²) in [6.07, 6.45) is 0.190. The Morgan fingerprint density at radius 2 is 1.38 bits per heavy atom. The van der Waals surface area contributed by atoms with Crippen molar-refractivity contribution in [1.29, 1.82) is 0 Å². The minimum absolute atomic E-state index is 0.0259. The lowest BCUT2D eigenvalue weighted by Crippen LogP contribution is -2.53. The molecule has 0 saturated carbocycles. The number of rotatable bonds is 13. The van der Waals surface area contributed by atoms with Crippen molar-refractivity contribution in [2.75, 3.05) is 17.4 Å². The molecule has 0 aliphatic rings. The molecule has 236 valence electrons. The number of amides is 2. The van der Waals surface area contributed by atoms with E-state index in [1.54, 1.807) is 42.5 Å². The molecule has 0 bridgehead atoms. The first-order chi connectivity index (χ1) is 21.5. The Hall–Kier alpha value is -3.56. The summed E-state index contributed by atoms with van der Waals surface area (Å²) in [6.45, 7) is 3.67. The van der Waals surface area contributed by atoms with E-state index in [9.17, 15) is 18.0 Å². The highest BCUT2D eigenvalue weighted by Gasteiger charge is 2.35. The van der Waals surface area contributed by atoms with Crippen molar-refractivity contribution < 1.29 is 18.0 Å². The van der Waals surface area contributed by atoms with E-state index < -0.39 is 28.5 Å². The molecule has 1 N–H and O–H groups in total. The number of sulfonamides is 1. The Kier molecular flexibility index (Phi) is 11.9. The Labute approximate surface area is 279 Å². The monoisotopic (exact) mass is 685 g/mol. The lowest BCUT2D eigenvalue weighted by molar-refractivity contribution is -0.140. The van der Waals surface area contributed by atoms with Crippen LogP contribution in [-0.4, -0.2) is 44.3 Å². The summed E-state index contributed by atoms with van der Waals surface area (Å²) in [4.78, 5) is 29.7. The second-order valence-electron chi connectivity index (χ2n) is 10.9. The fraction of sp³-hybridized carbons (Fsp3) is 0.235. The number of hydrogen-bond donors (Lipinski definition) is 1. The van der Waals surface area contributed by atoms with Gasteiger partial charge in [-0.25, -0.2) is 8.42 Å². The molecule has 7 nitrogen and oxygen atoms in total. The van der Waals surface area contributed by atoms with E-state index in [0.29, 0.717) is 17.1 Å². The third-order valence-corrected chi connectivity index (χ3v) is 9.59. The normalized spacial score (nSPS) is 12.0. The van der Waals surface area contributed by atoms with Gasteiger partial charge in [0.05, 0.1) is 10.6 Å². The number of halogens is 3. The minimum Gasteiger partial charge on any atom is -0.354 e. The average Bonchev–Trinajstić information content (AvgIpc) is 3.01. The van der Waals surface area contributed by atoms with Gasteiger partial charge in [-0.15, -0.1) is 0 Å². The van der Waals surface area contributed by atoms with Crippen molar-refractivity contribution in [1.82, 2.24) is 10.2 Å². The van der Waals surface area contributed by atoms with Crippen LogP contribution in [0, 0.1) is 5.92 Å². The van der Waals surface area contributed by atoms with E-state index in [1.807, 2.05) is 44.2 Å². The standard InChI is InChI=1S/C34H34Cl3N3O4S/c1-24(2)21-38-34(42)32(17-25-11-5-3-6-12-25)39(22-26-13-9-10-16-31(26)37)33(41)23-40(29-19-27(35)18-28(36)20-29)45(43,44)30-14-7-4-8-15-30/h3-16,18-20,24,32H,17,21-23H2,1-2H3,(H,38,42). The van der Waals surface area contributed by atoms with Gasteiger partial charge in [0.1, 0.15) is 12.6 Å². The largest absolute Gasteiger partial charge is 0.354 e. The molecule has 11 heteroatoms. The Bertz CT molecular complexity index is 1700. The van der Waals surface area contributed by atoms with E-state index in [4.69, 9.17) is 34.8 Å². The first-order valence-corrected chi connectivity index (χ1v) is 16.9. The highest BCUT2D eigenvalue weighted by Crippen LogP contribution is 2.30. The fourth-order valence-corrected chi connectivity index (χ4v) is 6.85. The number of benzene rings is 4. The van der Waals surface area contributed by atoms with Gasteiger partial charge in [-0.2, -0.15) is 0 Å². The molecule has 0 aliphatic heterocycles. The van der Waals surface area contributed by atoms with Gasteiger partial charge in [0, 0.05) is 34.6 Å². The van der Waals surface area contributed by atoms with Crippen molar-refractivity contribution in [3.8, 4) is 0 Å². The van der Waals surface area contributed by atoms with Gasteiger partial charge in [0.2, 0.25) is 11.8 Å². The van der Waals surface area contributed by atoms with Crippen LogP contribution in [0.25, 0.3) is 0 Å². The molecule has 45 heavy (non-hydrogen) atoms. The zero-order chi connectivity index (χ0) is 32.6. The number of nitrogens with zero attached hydrogens (tertiary/aromatic N) is 2. The summed E-state index contributed by atoms with van der Waals surface area (Å²) < 4.78 is 29.1. The third-order valence-electron chi connectivity index (χ3n) is 7.00. The Balaban J connectivity index is 1.82. The molecule has 0 aromatic heterocycles. The van der Waals surface area contributed by atoms with Crippen LogP contribution in [0.5, 0.6) is 0 Å². The lowest BCUT2D eigenvalue weighted by atomic mass is 10.0. The predicted molar refractivity (Wildman–Crippen MR) is 181 cm³/mol. The second kappa shape index (κ2) is 15.6. The smallest absolute Gasteiger partial charge is 0.264 e. The number of anilines is 1. The lowest BCUT2D eigenvalue weighted by Gasteiger charge is -2.34. The van der Waals surface area contributed by atoms with Crippen LogP contribution >= 0.6 is 34.8 Å². The van der Waals surface area contributed by atoms with E-state index in [2.05, 4.69) is 5.32 Å². The fourth-order valence-electron chi connectivity index (χ4n) is 4.72. The predicted octanol–water partition coefficient (Wildman–Crippen LogP) is 7.25. The number of carbonyl (C=O) groups excluding carboxylic acids is 2. The van der Waals surface area contributed by atoms with Gasteiger partial charge >= 0.3 is 0 Å². The molecule has 4 aromatic carbocycles. The van der Waals surface area contributed by atoms with Gasteiger partial charge < -0.3 is 10.2 Å². The molecule has 2 amide bonds. The van der Waals surface area contributed by atoms with E-state index >= 15 is 0 Å². The highest BCUT2D eigenvalue weighted by atomic mass is 35.5. The first-order valence-electron chi connectivity index (χ1n) is 14.3. The maximum Gasteiger partial charge on any atom is 0.264 e. The Morgan fingerprint density at radius 3 is 1.98 bits per heavy atom. The van der Waals surface area contributed by atoms with Crippen LogP contribution in [-0.2, 0) is 32.6 Å². The topological polar surface area (TPSA) is 86.8 Å². The van der Waals surface area contributed by atoms with Gasteiger partial charge in [-0.3, -0.25) is 13.9 Å². The molecule has 0 saturated heterocycles. The summed E-state index contributed by atoms with van der Waals surface area (Å²) in [7, 11) is -4.28. The van der Waals surface area contributed by atoms with Crippen molar-refractivity contribution in [2.24, 2.45) is 5.92 Å². The number of carbonyl (C=O) groups is 2. The average molecular weight is 687 g/mol. The summed E-state index contributed by atoms with van der Waals surface area (Å²) in [5.41, 5.74) is 1.53. The first kappa shape index (κ1) is 34.3. The van der Waals surface area contributed by atoms with Crippen molar-refractivity contribution in [2.45, 2.75) is 37.8 Å². The van der Waals surface area contributed by atoms with Crippen LogP contribution in [0.2, 0.25) is 15.1 Å². The number of hydrogen-bond acceptors (Lipinski definition) is 4. The van der Waals surface area contributed by atoms with Crippen LogP contribution in [0.1, 0.15) is 25.0 Å². The van der Waals surface area contributed by atoms with Crippen molar-refractivity contribution in [3.05, 3.63) is 129 Å². The molecule has 4 rings (SSSR count). The van der Waals surface area contributed by atoms with Crippen molar-refractivity contribution in [3.63, 3.8) is 0 Å². The molecule has 0 fully saturated rings. The summed E-state index contributed by atoms with van der Waals surface area (Å²) >= 11 is 19.1.